The van der Waals surface area contributed by atoms with Crippen LogP contribution in [0.4, 0.5) is 5.82 Å². The highest BCUT2D eigenvalue weighted by atomic mass is 35.5. The molecular weight excluding hydrogens is 380 g/mol. The fourth-order valence-corrected chi connectivity index (χ4v) is 4.51. The van der Waals surface area contributed by atoms with E-state index in [2.05, 4.69) is 57.9 Å². The van der Waals surface area contributed by atoms with Crippen LogP contribution in [0.5, 0.6) is 0 Å². The van der Waals surface area contributed by atoms with Gasteiger partial charge in [0.15, 0.2) is 5.65 Å². The van der Waals surface area contributed by atoms with Crippen LogP contribution >= 0.6 is 11.6 Å². The third-order valence-electron chi connectivity index (χ3n) is 5.69. The van der Waals surface area contributed by atoms with Gasteiger partial charge in [-0.3, -0.25) is 0 Å². The topological polar surface area (TPSA) is 34.0 Å². The van der Waals surface area contributed by atoms with Crippen molar-refractivity contribution in [3.8, 4) is 16.8 Å². The number of piperidine rings is 1. The van der Waals surface area contributed by atoms with Crippen LogP contribution < -0.4 is 4.90 Å². The molecule has 3 heterocycles. The Morgan fingerprint density at radius 3 is 2.69 bits per heavy atom. The lowest BCUT2D eigenvalue weighted by Gasteiger charge is -2.32. The number of benzene rings is 2. The quantitative estimate of drug-likeness (QED) is 0.423. The molecule has 0 N–H and O–H groups in total. The van der Waals surface area contributed by atoms with Crippen molar-refractivity contribution in [2.45, 2.75) is 19.8 Å². The Kier molecular flexibility index (Phi) is 4.72. The molecule has 1 aliphatic rings. The van der Waals surface area contributed by atoms with E-state index in [4.69, 9.17) is 16.6 Å². The highest BCUT2D eigenvalue weighted by Gasteiger charge is 2.24. The van der Waals surface area contributed by atoms with Crippen LogP contribution in [-0.2, 0) is 0 Å². The number of hydrogen-bond donors (Lipinski definition) is 0. The smallest absolute Gasteiger partial charge is 0.150 e. The molecule has 2 aromatic heterocycles. The predicted molar refractivity (Wildman–Crippen MR) is 120 cm³/mol. The summed E-state index contributed by atoms with van der Waals surface area (Å²) in [5.74, 6) is 1.70. The minimum Gasteiger partial charge on any atom is -0.356 e. The molecule has 0 saturated carbocycles. The minimum absolute atomic E-state index is 0.670. The number of halogens is 1. The van der Waals surface area contributed by atoms with Crippen LogP contribution in [0.3, 0.4) is 0 Å². The number of aromatic nitrogens is 3. The maximum atomic E-state index is 6.28. The summed E-state index contributed by atoms with van der Waals surface area (Å²) < 4.78 is 2.13. The average Bonchev–Trinajstić information content (AvgIpc) is 3.14. The predicted octanol–water partition coefficient (Wildman–Crippen LogP) is 5.98. The van der Waals surface area contributed by atoms with E-state index in [0.717, 1.165) is 41.2 Å². The first kappa shape index (κ1) is 18.2. The van der Waals surface area contributed by atoms with Crippen molar-refractivity contribution in [1.82, 2.24) is 14.5 Å². The normalized spacial score (nSPS) is 17.0. The Morgan fingerprint density at radius 1 is 1.03 bits per heavy atom. The maximum absolute atomic E-state index is 6.28. The van der Waals surface area contributed by atoms with Gasteiger partial charge in [0.05, 0.1) is 5.39 Å². The lowest BCUT2D eigenvalue weighted by Crippen LogP contribution is -2.35. The third-order valence-corrected chi connectivity index (χ3v) is 5.93. The summed E-state index contributed by atoms with van der Waals surface area (Å²) in [7, 11) is 0. The van der Waals surface area contributed by atoms with E-state index in [1.807, 2.05) is 24.3 Å². The number of rotatable bonds is 3. The standard InChI is InChI=1S/C24H23ClN4/c1-17-7-6-12-28(14-17)23-22-21(18-8-3-2-4-9-18)15-29(24(22)27-16-26-23)20-11-5-10-19(25)13-20/h2-5,8-11,13,15-17H,6-7,12,14H2,1H3. The second kappa shape index (κ2) is 7.53. The summed E-state index contributed by atoms with van der Waals surface area (Å²) in [6.45, 7) is 4.38. The molecule has 2 aromatic carbocycles. The van der Waals surface area contributed by atoms with Gasteiger partial charge in [-0.15, -0.1) is 0 Å². The first-order chi connectivity index (χ1) is 14.2. The zero-order valence-electron chi connectivity index (χ0n) is 16.4. The largest absolute Gasteiger partial charge is 0.356 e. The monoisotopic (exact) mass is 402 g/mol. The summed E-state index contributed by atoms with van der Waals surface area (Å²) in [4.78, 5) is 11.9. The Bertz CT molecular complexity index is 1150. The second-order valence-electron chi connectivity index (χ2n) is 7.85. The van der Waals surface area contributed by atoms with Crippen molar-refractivity contribution >= 4 is 28.5 Å². The minimum atomic E-state index is 0.670. The molecule has 1 atom stereocenters. The van der Waals surface area contributed by atoms with Crippen molar-refractivity contribution in [2.24, 2.45) is 5.92 Å². The molecule has 1 aliphatic heterocycles. The zero-order chi connectivity index (χ0) is 19.8. The van der Waals surface area contributed by atoms with E-state index in [0.29, 0.717) is 10.9 Å². The van der Waals surface area contributed by atoms with Crippen molar-refractivity contribution in [3.63, 3.8) is 0 Å². The molecule has 1 saturated heterocycles. The first-order valence-corrected chi connectivity index (χ1v) is 10.5. The van der Waals surface area contributed by atoms with Gasteiger partial charge in [0, 0.05) is 35.6 Å². The van der Waals surface area contributed by atoms with Gasteiger partial charge in [-0.05, 0) is 42.5 Å². The summed E-state index contributed by atoms with van der Waals surface area (Å²) in [5.41, 5.74) is 4.23. The molecule has 4 aromatic rings. The fraction of sp³-hybridized carbons (Fsp3) is 0.250. The molecule has 5 rings (SSSR count). The van der Waals surface area contributed by atoms with Gasteiger partial charge in [-0.2, -0.15) is 0 Å². The van der Waals surface area contributed by atoms with Crippen molar-refractivity contribution in [1.29, 1.82) is 0 Å². The summed E-state index contributed by atoms with van der Waals surface area (Å²) in [6, 6.07) is 18.4. The Labute approximate surface area is 175 Å². The fourth-order valence-electron chi connectivity index (χ4n) is 4.33. The SMILES string of the molecule is CC1CCCN(c2ncnc3c2c(-c2ccccc2)cn3-c2cccc(Cl)c2)C1. The third kappa shape index (κ3) is 3.38. The van der Waals surface area contributed by atoms with Crippen molar-refractivity contribution in [2.75, 3.05) is 18.0 Å². The molecule has 146 valence electrons. The highest BCUT2D eigenvalue weighted by molar-refractivity contribution is 6.30. The van der Waals surface area contributed by atoms with E-state index in [1.165, 1.54) is 18.4 Å². The van der Waals surface area contributed by atoms with Gasteiger partial charge in [-0.1, -0.05) is 54.9 Å². The van der Waals surface area contributed by atoms with Gasteiger partial charge >= 0.3 is 0 Å². The van der Waals surface area contributed by atoms with E-state index in [-0.39, 0.29) is 0 Å². The average molecular weight is 403 g/mol. The van der Waals surface area contributed by atoms with Crippen LogP contribution in [-0.4, -0.2) is 27.6 Å². The number of anilines is 1. The molecule has 0 radical (unpaired) electrons. The Balaban J connectivity index is 1.77. The lowest BCUT2D eigenvalue weighted by molar-refractivity contribution is 0.445. The van der Waals surface area contributed by atoms with Gasteiger partial charge in [0.25, 0.3) is 0 Å². The Hall–Kier alpha value is -2.85. The van der Waals surface area contributed by atoms with Crippen LogP contribution in [0.1, 0.15) is 19.8 Å². The van der Waals surface area contributed by atoms with E-state index >= 15 is 0 Å². The summed E-state index contributed by atoms with van der Waals surface area (Å²) in [6.07, 6.45) is 6.33. The molecule has 0 aliphatic carbocycles. The molecular formula is C24H23ClN4. The molecule has 1 fully saturated rings. The molecule has 29 heavy (non-hydrogen) atoms. The van der Waals surface area contributed by atoms with Crippen molar-refractivity contribution in [3.05, 3.63) is 72.1 Å². The Morgan fingerprint density at radius 2 is 1.90 bits per heavy atom. The van der Waals surface area contributed by atoms with E-state index < -0.39 is 0 Å². The zero-order valence-corrected chi connectivity index (χ0v) is 17.2. The van der Waals surface area contributed by atoms with Crippen LogP contribution in [0, 0.1) is 5.92 Å². The van der Waals surface area contributed by atoms with Gasteiger partial charge in [0.2, 0.25) is 0 Å². The van der Waals surface area contributed by atoms with Crippen LogP contribution in [0.2, 0.25) is 5.02 Å². The first-order valence-electron chi connectivity index (χ1n) is 10.1. The lowest BCUT2D eigenvalue weighted by atomic mass is 9.99. The van der Waals surface area contributed by atoms with Gasteiger partial charge in [0.1, 0.15) is 12.1 Å². The maximum Gasteiger partial charge on any atom is 0.150 e. The molecule has 5 heteroatoms. The summed E-state index contributed by atoms with van der Waals surface area (Å²) >= 11 is 6.28. The molecule has 4 nitrogen and oxygen atoms in total. The molecule has 0 spiro atoms. The van der Waals surface area contributed by atoms with Crippen LogP contribution in [0.15, 0.2) is 67.1 Å². The van der Waals surface area contributed by atoms with Gasteiger partial charge in [-0.25, -0.2) is 9.97 Å². The number of nitrogens with zero attached hydrogens (tertiary/aromatic N) is 4. The molecule has 1 unspecified atom stereocenters. The highest BCUT2D eigenvalue weighted by Crippen LogP contribution is 2.38. The number of fused-ring (bicyclic) bond motifs is 1. The summed E-state index contributed by atoms with van der Waals surface area (Å²) in [5, 5.41) is 1.82. The number of hydrogen-bond acceptors (Lipinski definition) is 3. The van der Waals surface area contributed by atoms with Crippen molar-refractivity contribution < 1.29 is 0 Å². The molecule has 0 amide bonds. The molecule has 0 bridgehead atoms. The van der Waals surface area contributed by atoms with E-state index in [1.54, 1.807) is 6.33 Å². The second-order valence-corrected chi connectivity index (χ2v) is 8.28. The van der Waals surface area contributed by atoms with E-state index in [9.17, 15) is 0 Å². The van der Waals surface area contributed by atoms with Crippen LogP contribution in [0.25, 0.3) is 27.8 Å². The van der Waals surface area contributed by atoms with Gasteiger partial charge < -0.3 is 9.47 Å².